The first-order valence-electron chi connectivity index (χ1n) is 9.06. The second-order valence-electron chi connectivity index (χ2n) is 6.37. The number of para-hydroxylation sites is 1. The highest BCUT2D eigenvalue weighted by atomic mass is 35.5. The average Bonchev–Trinajstić information content (AvgIpc) is 2.63. The standard InChI is InChI=1S/C19H25ClN4O4/c1-4-13-17(18(26)28-5-2)15(23-19(27)22-13)10-24(3)11-16(25)21-14-9-7-6-8-12(14)20/h6-9,13H,4-5,10-11H2,1-3H3,(H,21,25)(H2,22,23,27)/t13-/m1/s1. The maximum Gasteiger partial charge on any atom is 0.337 e. The van der Waals surface area contributed by atoms with E-state index in [1.165, 1.54) is 0 Å². The zero-order valence-electron chi connectivity index (χ0n) is 16.2. The molecule has 0 radical (unpaired) electrons. The van der Waals surface area contributed by atoms with Crippen LogP contribution in [0.3, 0.4) is 0 Å². The van der Waals surface area contributed by atoms with Crippen LogP contribution in [0.4, 0.5) is 10.5 Å². The van der Waals surface area contributed by atoms with Gasteiger partial charge in [-0.1, -0.05) is 30.7 Å². The number of amides is 3. The van der Waals surface area contributed by atoms with Crippen LogP contribution >= 0.6 is 11.6 Å². The van der Waals surface area contributed by atoms with E-state index in [9.17, 15) is 14.4 Å². The predicted octanol–water partition coefficient (Wildman–Crippen LogP) is 2.12. The smallest absolute Gasteiger partial charge is 0.337 e. The molecule has 0 spiro atoms. The van der Waals surface area contributed by atoms with E-state index >= 15 is 0 Å². The Kier molecular flexibility index (Phi) is 7.83. The SMILES string of the molecule is CCOC(=O)C1=C(CN(C)CC(=O)Nc2ccccc2Cl)NC(=O)N[C@@H]1CC. The number of halogens is 1. The summed E-state index contributed by atoms with van der Waals surface area (Å²) in [6.45, 7) is 4.07. The zero-order valence-corrected chi connectivity index (χ0v) is 16.9. The van der Waals surface area contributed by atoms with Crippen LogP contribution in [0, 0.1) is 0 Å². The van der Waals surface area contributed by atoms with E-state index in [2.05, 4.69) is 16.0 Å². The van der Waals surface area contributed by atoms with Crippen molar-refractivity contribution in [2.45, 2.75) is 26.3 Å². The van der Waals surface area contributed by atoms with Gasteiger partial charge >= 0.3 is 12.0 Å². The van der Waals surface area contributed by atoms with Crippen LogP contribution in [-0.4, -0.2) is 55.6 Å². The number of nitrogens with zero attached hydrogens (tertiary/aromatic N) is 1. The number of carbonyl (C=O) groups excluding carboxylic acids is 3. The lowest BCUT2D eigenvalue weighted by Crippen LogP contribution is -2.52. The Morgan fingerprint density at radius 1 is 1.29 bits per heavy atom. The van der Waals surface area contributed by atoms with Crippen LogP contribution in [0.2, 0.25) is 5.02 Å². The fourth-order valence-corrected chi connectivity index (χ4v) is 3.09. The fourth-order valence-electron chi connectivity index (χ4n) is 2.91. The van der Waals surface area contributed by atoms with Crippen molar-refractivity contribution < 1.29 is 19.1 Å². The highest BCUT2D eigenvalue weighted by molar-refractivity contribution is 6.33. The molecule has 0 fully saturated rings. The Morgan fingerprint density at radius 2 is 2.00 bits per heavy atom. The van der Waals surface area contributed by atoms with Gasteiger partial charge in [-0.3, -0.25) is 9.69 Å². The lowest BCUT2D eigenvalue weighted by Gasteiger charge is -2.30. The number of ether oxygens (including phenoxy) is 1. The molecule has 0 aromatic heterocycles. The minimum Gasteiger partial charge on any atom is -0.463 e. The molecule has 0 saturated carbocycles. The number of likely N-dealkylation sites (N-methyl/N-ethyl adjacent to an activating group) is 1. The molecule has 0 aliphatic carbocycles. The molecule has 0 unspecified atom stereocenters. The van der Waals surface area contributed by atoms with Crippen molar-refractivity contribution >= 4 is 35.2 Å². The first kappa shape index (κ1) is 21.7. The Bertz CT molecular complexity index is 781. The summed E-state index contributed by atoms with van der Waals surface area (Å²) in [5, 5.41) is 8.57. The van der Waals surface area contributed by atoms with Crippen molar-refractivity contribution in [1.29, 1.82) is 0 Å². The van der Waals surface area contributed by atoms with Gasteiger partial charge in [-0.2, -0.15) is 0 Å². The highest BCUT2D eigenvalue weighted by Crippen LogP contribution is 2.20. The molecule has 1 aliphatic rings. The largest absolute Gasteiger partial charge is 0.463 e. The molecular weight excluding hydrogens is 384 g/mol. The molecule has 2 rings (SSSR count). The highest BCUT2D eigenvalue weighted by Gasteiger charge is 2.31. The molecule has 1 aromatic rings. The first-order chi connectivity index (χ1) is 13.3. The van der Waals surface area contributed by atoms with E-state index in [-0.39, 0.29) is 31.6 Å². The van der Waals surface area contributed by atoms with Gasteiger partial charge in [-0.15, -0.1) is 0 Å². The van der Waals surface area contributed by atoms with E-state index in [0.717, 1.165) is 0 Å². The Labute approximate surface area is 169 Å². The molecule has 152 valence electrons. The minimum absolute atomic E-state index is 0.0465. The molecule has 9 heteroatoms. The summed E-state index contributed by atoms with van der Waals surface area (Å²) in [6, 6.07) is 6.12. The van der Waals surface area contributed by atoms with Crippen LogP contribution in [-0.2, 0) is 14.3 Å². The summed E-state index contributed by atoms with van der Waals surface area (Å²) in [5.41, 5.74) is 1.33. The monoisotopic (exact) mass is 408 g/mol. The van der Waals surface area contributed by atoms with Gasteiger partial charge in [0.15, 0.2) is 0 Å². The number of rotatable bonds is 8. The molecular formula is C19H25ClN4O4. The van der Waals surface area contributed by atoms with Crippen LogP contribution in [0.25, 0.3) is 0 Å². The molecule has 1 atom stereocenters. The quantitative estimate of drug-likeness (QED) is 0.572. The molecule has 3 N–H and O–H groups in total. The van der Waals surface area contributed by atoms with Crippen molar-refractivity contribution in [2.75, 3.05) is 32.1 Å². The van der Waals surface area contributed by atoms with Gasteiger partial charge in [0.1, 0.15) is 0 Å². The summed E-state index contributed by atoms with van der Waals surface area (Å²) in [4.78, 5) is 38.3. The molecule has 1 aliphatic heterocycles. The molecule has 8 nitrogen and oxygen atoms in total. The van der Waals surface area contributed by atoms with Gasteiger partial charge in [-0.25, -0.2) is 9.59 Å². The van der Waals surface area contributed by atoms with Gasteiger partial charge in [0.25, 0.3) is 0 Å². The van der Waals surface area contributed by atoms with Crippen LogP contribution in [0.15, 0.2) is 35.5 Å². The van der Waals surface area contributed by atoms with Gasteiger partial charge in [0.2, 0.25) is 5.91 Å². The second-order valence-corrected chi connectivity index (χ2v) is 6.78. The maximum atomic E-state index is 12.4. The summed E-state index contributed by atoms with van der Waals surface area (Å²) >= 11 is 6.05. The third-order valence-corrected chi connectivity index (χ3v) is 4.47. The van der Waals surface area contributed by atoms with Crippen LogP contribution in [0.5, 0.6) is 0 Å². The minimum atomic E-state index is -0.481. The Hall–Kier alpha value is -2.58. The molecule has 3 amide bonds. The normalized spacial score (nSPS) is 16.5. The summed E-state index contributed by atoms with van der Waals surface area (Å²) < 4.78 is 5.13. The molecule has 1 heterocycles. The molecule has 1 aromatic carbocycles. The lowest BCUT2D eigenvalue weighted by atomic mass is 10.00. The van der Waals surface area contributed by atoms with Gasteiger partial charge in [0, 0.05) is 12.2 Å². The zero-order chi connectivity index (χ0) is 20.7. The number of hydrogen-bond acceptors (Lipinski definition) is 5. The van der Waals surface area contributed by atoms with Gasteiger partial charge < -0.3 is 20.7 Å². The van der Waals surface area contributed by atoms with Crippen molar-refractivity contribution in [1.82, 2.24) is 15.5 Å². The van der Waals surface area contributed by atoms with Crippen LogP contribution < -0.4 is 16.0 Å². The van der Waals surface area contributed by atoms with Crippen molar-refractivity contribution in [3.8, 4) is 0 Å². The third kappa shape index (κ3) is 5.71. The van der Waals surface area contributed by atoms with E-state index < -0.39 is 12.0 Å². The fraction of sp³-hybridized carbons (Fsp3) is 0.421. The number of urea groups is 1. The number of benzene rings is 1. The summed E-state index contributed by atoms with van der Waals surface area (Å²) in [6.07, 6.45) is 0.543. The Balaban J connectivity index is 2.10. The average molecular weight is 409 g/mol. The van der Waals surface area contributed by atoms with Gasteiger partial charge in [-0.05, 0) is 32.5 Å². The second kappa shape index (κ2) is 10.1. The number of hydrogen-bond donors (Lipinski definition) is 3. The van der Waals surface area contributed by atoms with E-state index in [4.69, 9.17) is 16.3 Å². The summed E-state index contributed by atoms with van der Waals surface area (Å²) in [5.74, 6) is -0.744. The maximum absolute atomic E-state index is 12.4. The Morgan fingerprint density at radius 3 is 2.64 bits per heavy atom. The van der Waals surface area contributed by atoms with E-state index in [1.54, 1.807) is 43.1 Å². The molecule has 28 heavy (non-hydrogen) atoms. The molecule has 0 bridgehead atoms. The third-order valence-electron chi connectivity index (χ3n) is 4.14. The predicted molar refractivity (Wildman–Crippen MR) is 107 cm³/mol. The number of anilines is 1. The number of esters is 1. The van der Waals surface area contributed by atoms with Crippen molar-refractivity contribution in [3.05, 3.63) is 40.6 Å². The van der Waals surface area contributed by atoms with E-state index in [1.807, 2.05) is 6.92 Å². The molecule has 0 saturated heterocycles. The summed E-state index contributed by atoms with van der Waals surface area (Å²) in [7, 11) is 1.72. The van der Waals surface area contributed by atoms with Gasteiger partial charge in [0.05, 0.1) is 35.5 Å². The number of carbonyl (C=O) groups is 3. The van der Waals surface area contributed by atoms with E-state index in [0.29, 0.717) is 28.4 Å². The first-order valence-corrected chi connectivity index (χ1v) is 9.44. The lowest BCUT2D eigenvalue weighted by molar-refractivity contribution is -0.139. The van der Waals surface area contributed by atoms with Crippen molar-refractivity contribution in [3.63, 3.8) is 0 Å². The van der Waals surface area contributed by atoms with Crippen molar-refractivity contribution in [2.24, 2.45) is 0 Å². The van der Waals surface area contributed by atoms with Crippen LogP contribution in [0.1, 0.15) is 20.3 Å². The topological polar surface area (TPSA) is 99.8 Å². The number of nitrogens with one attached hydrogen (secondary N) is 3.